The third-order valence-electron chi connectivity index (χ3n) is 6.54. The van der Waals surface area contributed by atoms with Crippen LogP contribution in [0.25, 0.3) is 0 Å². The van der Waals surface area contributed by atoms with Crippen molar-refractivity contribution < 1.29 is 9.53 Å². The van der Waals surface area contributed by atoms with Crippen molar-refractivity contribution in [2.45, 2.75) is 62.3 Å². The molecule has 1 aliphatic heterocycles. The number of aromatic nitrogens is 2. The van der Waals surface area contributed by atoms with Crippen molar-refractivity contribution in [3.63, 3.8) is 0 Å². The fourth-order valence-corrected chi connectivity index (χ4v) is 4.49. The van der Waals surface area contributed by atoms with Crippen molar-refractivity contribution >= 4 is 5.91 Å². The summed E-state index contributed by atoms with van der Waals surface area (Å²) >= 11 is 0. The predicted octanol–water partition coefficient (Wildman–Crippen LogP) is 3.50. The second kappa shape index (κ2) is 7.36. The van der Waals surface area contributed by atoms with Gasteiger partial charge in [-0.15, -0.1) is 0 Å². The van der Waals surface area contributed by atoms with Crippen molar-refractivity contribution in [3.05, 3.63) is 53.3 Å². The van der Waals surface area contributed by atoms with Crippen LogP contribution in [0.2, 0.25) is 0 Å². The topological polar surface area (TPSA) is 56.2 Å². The van der Waals surface area contributed by atoms with Crippen LogP contribution in [-0.2, 0) is 21.5 Å². The summed E-state index contributed by atoms with van der Waals surface area (Å²) in [4.78, 5) is 13.3. The first-order valence-corrected chi connectivity index (χ1v) is 10.8. The van der Waals surface area contributed by atoms with Gasteiger partial charge in [0, 0.05) is 37.3 Å². The quantitative estimate of drug-likeness (QED) is 0.801. The molecular weight excluding hydrogens is 350 g/mol. The molecule has 5 nitrogen and oxygen atoms in total. The molecule has 5 heteroatoms. The minimum Gasteiger partial charge on any atom is -0.381 e. The molecule has 1 amide bonds. The number of hydrogen-bond donors (Lipinski definition) is 1. The first kappa shape index (κ1) is 17.9. The second-order valence-corrected chi connectivity index (χ2v) is 8.58. The summed E-state index contributed by atoms with van der Waals surface area (Å²) in [6, 6.07) is 12.5. The Morgan fingerprint density at radius 2 is 1.82 bits per heavy atom. The molecule has 148 valence electrons. The molecule has 1 aromatic heterocycles. The SMILES string of the molecule is O=C(NCCn1nc(C2CC2)cc1C1CC1)C1(c2ccccc2)CCOCC1. The van der Waals surface area contributed by atoms with Crippen LogP contribution in [0.15, 0.2) is 36.4 Å². The van der Waals surface area contributed by atoms with Crippen LogP contribution in [0.3, 0.4) is 0 Å². The number of carbonyl (C=O) groups excluding carboxylic acids is 1. The van der Waals surface area contributed by atoms with Crippen molar-refractivity contribution in [1.29, 1.82) is 0 Å². The highest BCUT2D eigenvalue weighted by atomic mass is 16.5. The Hall–Kier alpha value is -2.14. The summed E-state index contributed by atoms with van der Waals surface area (Å²) in [6.45, 7) is 2.65. The molecule has 2 saturated carbocycles. The van der Waals surface area contributed by atoms with Crippen molar-refractivity contribution in [2.75, 3.05) is 19.8 Å². The Labute approximate surface area is 166 Å². The molecule has 5 rings (SSSR count). The lowest BCUT2D eigenvalue weighted by atomic mass is 9.73. The number of amides is 1. The standard InChI is InChI=1S/C23H29N3O2/c27-22(23(10-14-28-15-11-23)19-4-2-1-3-5-19)24-12-13-26-21(18-8-9-18)16-20(25-26)17-6-7-17/h1-5,16-18H,6-15H2,(H,24,27). The predicted molar refractivity (Wildman–Crippen MR) is 107 cm³/mol. The lowest BCUT2D eigenvalue weighted by molar-refractivity contribution is -0.130. The van der Waals surface area contributed by atoms with Gasteiger partial charge in [-0.05, 0) is 50.2 Å². The zero-order chi connectivity index (χ0) is 19.0. The number of carbonyl (C=O) groups is 1. The van der Waals surface area contributed by atoms with Crippen LogP contribution in [0.1, 0.15) is 67.3 Å². The molecule has 0 unspecified atom stereocenters. The second-order valence-electron chi connectivity index (χ2n) is 8.58. The first-order valence-electron chi connectivity index (χ1n) is 10.8. The average Bonchev–Trinajstić information content (AvgIpc) is 3.68. The van der Waals surface area contributed by atoms with Crippen LogP contribution in [-0.4, -0.2) is 35.4 Å². The number of hydrogen-bond acceptors (Lipinski definition) is 3. The summed E-state index contributed by atoms with van der Waals surface area (Å²) in [5.74, 6) is 1.49. The molecule has 2 aromatic rings. The van der Waals surface area contributed by atoms with Gasteiger partial charge < -0.3 is 10.1 Å². The minimum atomic E-state index is -0.470. The Morgan fingerprint density at radius 3 is 2.50 bits per heavy atom. The molecule has 2 aliphatic carbocycles. The molecule has 3 aliphatic rings. The number of ether oxygens (including phenoxy) is 1. The monoisotopic (exact) mass is 379 g/mol. The van der Waals surface area contributed by atoms with Gasteiger partial charge in [-0.25, -0.2) is 0 Å². The van der Waals surface area contributed by atoms with Crippen molar-refractivity contribution in [1.82, 2.24) is 15.1 Å². The third kappa shape index (κ3) is 3.48. The van der Waals surface area contributed by atoms with E-state index < -0.39 is 5.41 Å². The fraction of sp³-hybridized carbons (Fsp3) is 0.565. The third-order valence-corrected chi connectivity index (χ3v) is 6.54. The maximum atomic E-state index is 13.3. The van der Waals surface area contributed by atoms with Crippen LogP contribution in [0, 0.1) is 0 Å². The highest BCUT2D eigenvalue weighted by Crippen LogP contribution is 2.44. The van der Waals surface area contributed by atoms with E-state index in [9.17, 15) is 4.79 Å². The zero-order valence-electron chi connectivity index (χ0n) is 16.4. The molecule has 1 aromatic carbocycles. The van der Waals surface area contributed by atoms with Gasteiger partial charge in [0.15, 0.2) is 0 Å². The van der Waals surface area contributed by atoms with E-state index in [2.05, 4.69) is 28.2 Å². The zero-order valence-corrected chi connectivity index (χ0v) is 16.4. The van der Waals surface area contributed by atoms with Gasteiger partial charge in [0.1, 0.15) is 0 Å². The largest absolute Gasteiger partial charge is 0.381 e. The maximum Gasteiger partial charge on any atom is 0.230 e. The Balaban J connectivity index is 1.27. The highest BCUT2D eigenvalue weighted by molar-refractivity contribution is 5.88. The van der Waals surface area contributed by atoms with Gasteiger partial charge in [0.2, 0.25) is 5.91 Å². The molecule has 28 heavy (non-hydrogen) atoms. The van der Waals surface area contributed by atoms with Gasteiger partial charge >= 0.3 is 0 Å². The van der Waals surface area contributed by atoms with Crippen LogP contribution in [0.4, 0.5) is 0 Å². The van der Waals surface area contributed by atoms with Crippen molar-refractivity contribution in [3.8, 4) is 0 Å². The number of nitrogens with zero attached hydrogens (tertiary/aromatic N) is 2. The number of nitrogens with one attached hydrogen (secondary N) is 1. The minimum absolute atomic E-state index is 0.129. The molecular formula is C23H29N3O2. The Bertz CT molecular complexity index is 831. The van der Waals surface area contributed by atoms with Gasteiger partial charge in [-0.1, -0.05) is 30.3 Å². The summed E-state index contributed by atoms with van der Waals surface area (Å²) in [5, 5.41) is 8.09. The molecule has 1 N–H and O–H groups in total. The van der Waals surface area contributed by atoms with E-state index in [0.29, 0.717) is 31.6 Å². The maximum absolute atomic E-state index is 13.3. The summed E-state index contributed by atoms with van der Waals surface area (Å²) < 4.78 is 7.71. The smallest absolute Gasteiger partial charge is 0.230 e. The summed E-state index contributed by atoms with van der Waals surface area (Å²) in [6.07, 6.45) is 6.59. The normalized spacial score (nSPS) is 21.4. The van der Waals surface area contributed by atoms with Crippen LogP contribution < -0.4 is 5.32 Å². The van der Waals surface area contributed by atoms with Gasteiger partial charge in [-0.2, -0.15) is 5.10 Å². The number of rotatable bonds is 7. The molecule has 0 spiro atoms. The van der Waals surface area contributed by atoms with E-state index >= 15 is 0 Å². The molecule has 0 bridgehead atoms. The Kier molecular flexibility index (Phi) is 4.71. The fourth-order valence-electron chi connectivity index (χ4n) is 4.49. The number of benzene rings is 1. The Morgan fingerprint density at radius 1 is 1.11 bits per heavy atom. The highest BCUT2D eigenvalue weighted by Gasteiger charge is 2.41. The molecule has 0 radical (unpaired) electrons. The summed E-state index contributed by atoms with van der Waals surface area (Å²) in [5.41, 5.74) is 3.27. The van der Waals surface area contributed by atoms with Crippen LogP contribution >= 0.6 is 0 Å². The van der Waals surface area contributed by atoms with Gasteiger partial charge in [0.25, 0.3) is 0 Å². The molecule has 3 fully saturated rings. The summed E-state index contributed by atoms with van der Waals surface area (Å²) in [7, 11) is 0. The first-order chi connectivity index (χ1) is 13.8. The molecule has 1 saturated heterocycles. The van der Waals surface area contributed by atoms with E-state index in [1.165, 1.54) is 37.1 Å². The van der Waals surface area contributed by atoms with E-state index in [0.717, 1.165) is 24.9 Å². The van der Waals surface area contributed by atoms with E-state index in [4.69, 9.17) is 9.84 Å². The lowest BCUT2D eigenvalue weighted by Gasteiger charge is -2.36. The van der Waals surface area contributed by atoms with E-state index in [1.54, 1.807) is 0 Å². The molecule has 0 atom stereocenters. The van der Waals surface area contributed by atoms with Gasteiger partial charge in [-0.3, -0.25) is 9.48 Å². The van der Waals surface area contributed by atoms with E-state index in [-0.39, 0.29) is 5.91 Å². The van der Waals surface area contributed by atoms with Crippen LogP contribution in [0.5, 0.6) is 0 Å². The van der Waals surface area contributed by atoms with E-state index in [1.807, 2.05) is 18.2 Å². The molecule has 2 heterocycles. The van der Waals surface area contributed by atoms with Crippen molar-refractivity contribution in [2.24, 2.45) is 0 Å². The van der Waals surface area contributed by atoms with Gasteiger partial charge in [0.05, 0.1) is 17.7 Å². The lowest BCUT2D eigenvalue weighted by Crippen LogP contribution is -2.48. The average molecular weight is 380 g/mol.